The average molecular weight is 186 g/mol. The van der Waals surface area contributed by atoms with Gasteiger partial charge in [-0.1, -0.05) is 11.6 Å². The molecule has 0 unspecified atom stereocenters. The molecule has 0 saturated heterocycles. The predicted octanol–water partition coefficient (Wildman–Crippen LogP) is 4.00. The molecule has 0 spiro atoms. The Morgan fingerprint density at radius 1 is 1.18 bits per heavy atom. The predicted molar refractivity (Wildman–Crippen MR) is 51.9 cm³/mol. The van der Waals surface area contributed by atoms with Gasteiger partial charge in [0.25, 0.3) is 0 Å². The Kier molecular flexibility index (Phi) is 3.28. The maximum Gasteiger partial charge on any atom is 0.0406 e. The van der Waals surface area contributed by atoms with E-state index in [2.05, 4.69) is 13.8 Å². The summed E-state index contributed by atoms with van der Waals surface area (Å²) in [5.74, 6) is 0. The molecule has 0 saturated carbocycles. The van der Waals surface area contributed by atoms with Crippen molar-refractivity contribution in [2.75, 3.05) is 0 Å². The van der Waals surface area contributed by atoms with E-state index >= 15 is 0 Å². The van der Waals surface area contributed by atoms with Crippen LogP contribution in [0.4, 0.5) is 0 Å². The Morgan fingerprint density at radius 2 is 1.73 bits per heavy atom. The van der Waals surface area contributed by atoms with Gasteiger partial charge in [0.15, 0.2) is 0 Å². The van der Waals surface area contributed by atoms with Crippen LogP contribution in [0, 0.1) is 5.25 Å². The van der Waals surface area contributed by atoms with Gasteiger partial charge in [-0.2, -0.15) is 0 Å². The first-order valence-corrected chi connectivity index (χ1v) is 4.61. The second-order valence-corrected chi connectivity index (χ2v) is 4.39. The molecule has 1 aromatic rings. The number of thioether (sulfide) groups is 1. The molecule has 59 valence electrons. The van der Waals surface area contributed by atoms with Crippen LogP contribution >= 0.6 is 23.4 Å². The first-order chi connectivity index (χ1) is 5.18. The molecule has 0 heterocycles. The van der Waals surface area contributed by atoms with Crippen LogP contribution in [0.25, 0.3) is 0 Å². The van der Waals surface area contributed by atoms with Crippen molar-refractivity contribution in [3.05, 3.63) is 34.5 Å². The number of halogens is 1. The zero-order valence-corrected chi connectivity index (χ0v) is 8.17. The largest absolute Gasteiger partial charge is 0.118 e. The number of hydrogen-bond acceptors (Lipinski definition) is 1. The Bertz CT molecular complexity index is 216. The lowest BCUT2D eigenvalue weighted by Gasteiger charge is -2.02. The lowest BCUT2D eigenvalue weighted by atomic mass is 10.4. The van der Waals surface area contributed by atoms with E-state index in [1.54, 1.807) is 11.8 Å². The van der Waals surface area contributed by atoms with Crippen molar-refractivity contribution >= 4 is 23.4 Å². The van der Waals surface area contributed by atoms with E-state index in [0.717, 1.165) is 5.02 Å². The zero-order valence-electron chi connectivity index (χ0n) is 6.60. The Hall–Kier alpha value is -0.140. The lowest BCUT2D eigenvalue weighted by Crippen LogP contribution is -1.75. The van der Waals surface area contributed by atoms with Gasteiger partial charge in [-0.3, -0.25) is 0 Å². The van der Waals surface area contributed by atoms with Crippen molar-refractivity contribution in [1.82, 2.24) is 0 Å². The van der Waals surface area contributed by atoms with Gasteiger partial charge in [-0.15, -0.1) is 11.8 Å². The molecule has 0 nitrogen and oxygen atoms in total. The lowest BCUT2D eigenvalue weighted by molar-refractivity contribution is 1.32. The fourth-order valence-electron chi connectivity index (χ4n) is 0.738. The molecule has 0 bridgehead atoms. The van der Waals surface area contributed by atoms with E-state index in [1.807, 2.05) is 24.3 Å². The van der Waals surface area contributed by atoms with Gasteiger partial charge in [-0.25, -0.2) is 0 Å². The minimum absolute atomic E-state index is 0.795. The molecule has 0 aliphatic carbocycles. The molecule has 0 aliphatic rings. The van der Waals surface area contributed by atoms with Crippen molar-refractivity contribution < 1.29 is 0 Å². The van der Waals surface area contributed by atoms with Crippen LogP contribution in [0.15, 0.2) is 29.2 Å². The van der Waals surface area contributed by atoms with Crippen molar-refractivity contribution in [2.45, 2.75) is 18.7 Å². The van der Waals surface area contributed by atoms with Gasteiger partial charge >= 0.3 is 0 Å². The summed E-state index contributed by atoms with van der Waals surface area (Å²) in [6, 6.07) is 7.87. The van der Waals surface area contributed by atoms with E-state index in [4.69, 9.17) is 11.6 Å². The van der Waals surface area contributed by atoms with Crippen molar-refractivity contribution in [1.29, 1.82) is 0 Å². The highest BCUT2D eigenvalue weighted by atomic mass is 35.5. The molecule has 0 aliphatic heterocycles. The summed E-state index contributed by atoms with van der Waals surface area (Å²) in [7, 11) is 0. The van der Waals surface area contributed by atoms with Crippen LogP contribution in [0.1, 0.15) is 13.8 Å². The van der Waals surface area contributed by atoms with Crippen LogP contribution in [-0.4, -0.2) is 0 Å². The summed E-state index contributed by atoms with van der Waals surface area (Å²) in [6.07, 6.45) is 0. The second-order valence-electron chi connectivity index (χ2n) is 2.46. The highest BCUT2D eigenvalue weighted by molar-refractivity contribution is 8.02. The monoisotopic (exact) mass is 185 g/mol. The summed E-state index contributed by atoms with van der Waals surface area (Å²) in [4.78, 5) is 1.24. The van der Waals surface area contributed by atoms with E-state index < -0.39 is 0 Å². The first-order valence-electron chi connectivity index (χ1n) is 3.42. The van der Waals surface area contributed by atoms with E-state index in [1.165, 1.54) is 10.1 Å². The fourth-order valence-corrected chi connectivity index (χ4v) is 1.61. The van der Waals surface area contributed by atoms with Crippen LogP contribution < -0.4 is 0 Å². The van der Waals surface area contributed by atoms with Crippen LogP contribution in [0.2, 0.25) is 5.02 Å². The second kappa shape index (κ2) is 4.03. The molecule has 0 aromatic heterocycles. The average Bonchev–Trinajstić information content (AvgIpc) is 1.93. The highest BCUT2D eigenvalue weighted by Gasteiger charge is 1.97. The highest BCUT2D eigenvalue weighted by Crippen LogP contribution is 2.28. The molecule has 1 rings (SSSR count). The van der Waals surface area contributed by atoms with Crippen LogP contribution in [0.5, 0.6) is 0 Å². The number of hydrogen-bond donors (Lipinski definition) is 0. The smallest absolute Gasteiger partial charge is 0.0406 e. The molecule has 0 amide bonds. The van der Waals surface area contributed by atoms with Gasteiger partial charge in [0.2, 0.25) is 0 Å². The van der Waals surface area contributed by atoms with Gasteiger partial charge in [-0.05, 0) is 38.1 Å². The summed E-state index contributed by atoms with van der Waals surface area (Å²) in [5.41, 5.74) is 0. The Labute approximate surface area is 77.0 Å². The van der Waals surface area contributed by atoms with Crippen molar-refractivity contribution in [2.24, 2.45) is 0 Å². The van der Waals surface area contributed by atoms with Crippen LogP contribution in [0.3, 0.4) is 0 Å². The van der Waals surface area contributed by atoms with Crippen molar-refractivity contribution in [3.8, 4) is 0 Å². The summed E-state index contributed by atoms with van der Waals surface area (Å²) < 4.78 is 0. The molecule has 1 radical (unpaired) electrons. The molecule has 11 heavy (non-hydrogen) atoms. The molecular weight excluding hydrogens is 176 g/mol. The third-order valence-electron chi connectivity index (χ3n) is 1.14. The molecule has 0 atom stereocenters. The minimum Gasteiger partial charge on any atom is -0.118 e. The normalized spacial score (nSPS) is 10.5. The van der Waals surface area contributed by atoms with E-state index in [9.17, 15) is 0 Å². The Morgan fingerprint density at radius 3 is 2.18 bits per heavy atom. The summed E-state index contributed by atoms with van der Waals surface area (Å²) in [5, 5.41) is 2.13. The third-order valence-corrected chi connectivity index (χ3v) is 2.30. The standard InChI is InChI=1S/C9H10ClS/c1-7(2)11-9-5-3-8(10)4-6-9/h3-6H,1-2H3. The van der Waals surface area contributed by atoms with Crippen LogP contribution in [-0.2, 0) is 0 Å². The molecule has 0 N–H and O–H groups in total. The SMILES string of the molecule is C[C](C)Sc1ccc(Cl)cc1. The first kappa shape index (κ1) is 8.95. The summed E-state index contributed by atoms with van der Waals surface area (Å²) in [6.45, 7) is 4.19. The Balaban J connectivity index is 2.66. The minimum atomic E-state index is 0.795. The molecular formula is C9H10ClS. The number of benzene rings is 1. The third kappa shape index (κ3) is 3.17. The van der Waals surface area contributed by atoms with Gasteiger partial charge in [0.05, 0.1) is 0 Å². The quantitative estimate of drug-likeness (QED) is 0.628. The van der Waals surface area contributed by atoms with Crippen molar-refractivity contribution in [3.63, 3.8) is 0 Å². The van der Waals surface area contributed by atoms with E-state index in [0.29, 0.717) is 0 Å². The fraction of sp³-hybridized carbons (Fsp3) is 0.222. The maximum absolute atomic E-state index is 5.73. The van der Waals surface area contributed by atoms with Gasteiger partial charge in [0.1, 0.15) is 0 Å². The molecule has 2 heteroatoms. The maximum atomic E-state index is 5.73. The topological polar surface area (TPSA) is 0 Å². The summed E-state index contributed by atoms with van der Waals surface area (Å²) >= 11 is 7.50. The zero-order chi connectivity index (χ0) is 8.27. The van der Waals surface area contributed by atoms with E-state index in [-0.39, 0.29) is 0 Å². The van der Waals surface area contributed by atoms with Gasteiger partial charge in [0, 0.05) is 15.2 Å². The molecule has 1 aromatic carbocycles. The van der Waals surface area contributed by atoms with Gasteiger partial charge < -0.3 is 0 Å². The number of rotatable bonds is 2. The molecule has 0 fully saturated rings.